The Bertz CT molecular complexity index is 566. The van der Waals surface area contributed by atoms with E-state index in [0.717, 1.165) is 11.3 Å². The molecule has 0 aliphatic heterocycles. The Morgan fingerprint density at radius 3 is 2.40 bits per heavy atom. The third kappa shape index (κ3) is 6.92. The van der Waals surface area contributed by atoms with Crippen molar-refractivity contribution in [3.8, 4) is 5.75 Å². The van der Waals surface area contributed by atoms with Crippen LogP contribution in [0.3, 0.4) is 0 Å². The number of methoxy groups -OCH3 is 1. The Morgan fingerprint density at radius 2 is 1.84 bits per heavy atom. The van der Waals surface area contributed by atoms with Gasteiger partial charge in [-0.25, -0.2) is 0 Å². The Morgan fingerprint density at radius 1 is 1.24 bits per heavy atom. The van der Waals surface area contributed by atoms with Crippen LogP contribution in [-0.4, -0.2) is 49.5 Å². The first-order valence-corrected chi connectivity index (χ1v) is 8.18. The van der Waals surface area contributed by atoms with Crippen molar-refractivity contribution in [2.45, 2.75) is 39.3 Å². The van der Waals surface area contributed by atoms with Crippen LogP contribution in [0, 0.1) is 5.92 Å². The van der Waals surface area contributed by atoms with Gasteiger partial charge >= 0.3 is 0 Å². The number of rotatable bonds is 8. The van der Waals surface area contributed by atoms with Crippen molar-refractivity contribution in [2.75, 3.05) is 20.7 Å². The molecule has 0 radical (unpaired) electrons. The van der Waals surface area contributed by atoms with E-state index >= 15 is 0 Å². The fourth-order valence-corrected chi connectivity index (χ4v) is 2.28. The van der Waals surface area contributed by atoms with Crippen LogP contribution in [-0.2, 0) is 16.0 Å². The highest BCUT2D eigenvalue weighted by Crippen LogP contribution is 2.20. The standard InChI is InChI=1S/C18H29N3O3.ClH/c1-12(2)17(19)18(23)20-11-16(22)21(4)13(3)10-14-8-6-7-9-15(14)24-5;/h6-9,12-13,17H,10-11,19H2,1-5H3,(H,20,23);1H/t13?,17-;/m0./s1. The van der Waals surface area contributed by atoms with Gasteiger partial charge in [0.05, 0.1) is 19.7 Å². The van der Waals surface area contributed by atoms with Gasteiger partial charge in [0.25, 0.3) is 0 Å². The number of hydrogen-bond donors (Lipinski definition) is 2. The maximum absolute atomic E-state index is 12.3. The van der Waals surface area contributed by atoms with E-state index in [9.17, 15) is 9.59 Å². The lowest BCUT2D eigenvalue weighted by Crippen LogP contribution is -2.48. The van der Waals surface area contributed by atoms with Crippen LogP contribution in [0.5, 0.6) is 5.75 Å². The van der Waals surface area contributed by atoms with E-state index in [-0.39, 0.29) is 42.7 Å². The zero-order chi connectivity index (χ0) is 18.3. The maximum Gasteiger partial charge on any atom is 0.241 e. The molecule has 3 N–H and O–H groups in total. The minimum absolute atomic E-state index is 0. The SMILES string of the molecule is COc1ccccc1CC(C)N(C)C(=O)CNC(=O)[C@@H](N)C(C)C.Cl. The number of likely N-dealkylation sites (N-methyl/N-ethyl adjacent to an activating group) is 1. The van der Waals surface area contributed by atoms with E-state index in [2.05, 4.69) is 5.32 Å². The summed E-state index contributed by atoms with van der Waals surface area (Å²) in [5, 5.41) is 2.61. The number of nitrogens with zero attached hydrogens (tertiary/aromatic N) is 1. The average Bonchev–Trinajstić information content (AvgIpc) is 2.58. The number of halogens is 1. The van der Waals surface area contributed by atoms with Crippen LogP contribution in [0.1, 0.15) is 26.3 Å². The van der Waals surface area contributed by atoms with E-state index in [1.807, 2.05) is 45.0 Å². The van der Waals surface area contributed by atoms with Crippen molar-refractivity contribution in [1.29, 1.82) is 0 Å². The molecule has 0 fully saturated rings. The number of carbonyl (C=O) groups is 2. The molecule has 0 heterocycles. The Kier molecular flexibility index (Phi) is 10.2. The van der Waals surface area contributed by atoms with E-state index in [4.69, 9.17) is 10.5 Å². The lowest BCUT2D eigenvalue weighted by Gasteiger charge is -2.26. The summed E-state index contributed by atoms with van der Waals surface area (Å²) in [4.78, 5) is 25.7. The molecule has 0 aliphatic carbocycles. The molecular weight excluding hydrogens is 342 g/mol. The minimum Gasteiger partial charge on any atom is -0.496 e. The van der Waals surface area contributed by atoms with Gasteiger partial charge < -0.3 is 20.7 Å². The van der Waals surface area contributed by atoms with Crippen LogP contribution >= 0.6 is 12.4 Å². The monoisotopic (exact) mass is 371 g/mol. The van der Waals surface area contributed by atoms with E-state index < -0.39 is 6.04 Å². The fraction of sp³-hybridized carbons (Fsp3) is 0.556. The number of nitrogens with two attached hydrogens (primary N) is 1. The number of para-hydroxylation sites is 1. The molecule has 6 nitrogen and oxygen atoms in total. The number of benzene rings is 1. The van der Waals surface area contributed by atoms with Crippen LogP contribution < -0.4 is 15.8 Å². The molecule has 2 atom stereocenters. The van der Waals surface area contributed by atoms with Gasteiger partial charge in [-0.3, -0.25) is 9.59 Å². The second-order valence-electron chi connectivity index (χ2n) is 6.36. The average molecular weight is 372 g/mol. The highest BCUT2D eigenvalue weighted by Gasteiger charge is 2.21. The van der Waals surface area contributed by atoms with Crippen molar-refractivity contribution in [1.82, 2.24) is 10.2 Å². The molecule has 7 heteroatoms. The van der Waals surface area contributed by atoms with Gasteiger partial charge in [-0.05, 0) is 30.9 Å². The molecule has 2 amide bonds. The molecule has 0 spiro atoms. The van der Waals surface area contributed by atoms with Gasteiger partial charge in [-0.15, -0.1) is 12.4 Å². The van der Waals surface area contributed by atoms with Gasteiger partial charge in [0, 0.05) is 13.1 Å². The molecule has 0 aliphatic rings. The van der Waals surface area contributed by atoms with Crippen LogP contribution in [0.15, 0.2) is 24.3 Å². The molecule has 0 bridgehead atoms. The lowest BCUT2D eigenvalue weighted by atomic mass is 10.0. The fourth-order valence-electron chi connectivity index (χ4n) is 2.28. The van der Waals surface area contributed by atoms with Gasteiger partial charge in [0.15, 0.2) is 0 Å². The van der Waals surface area contributed by atoms with Crippen LogP contribution in [0.2, 0.25) is 0 Å². The van der Waals surface area contributed by atoms with Gasteiger partial charge in [-0.2, -0.15) is 0 Å². The zero-order valence-corrected chi connectivity index (χ0v) is 16.4. The second-order valence-corrected chi connectivity index (χ2v) is 6.36. The van der Waals surface area contributed by atoms with Gasteiger partial charge in [0.1, 0.15) is 5.75 Å². The van der Waals surface area contributed by atoms with Gasteiger partial charge in [-0.1, -0.05) is 32.0 Å². The molecule has 1 aromatic carbocycles. The molecule has 0 aromatic heterocycles. The van der Waals surface area contributed by atoms with E-state index in [0.29, 0.717) is 6.42 Å². The summed E-state index contributed by atoms with van der Waals surface area (Å²) < 4.78 is 5.34. The highest BCUT2D eigenvalue weighted by atomic mass is 35.5. The maximum atomic E-state index is 12.3. The van der Waals surface area contributed by atoms with Crippen LogP contribution in [0.25, 0.3) is 0 Å². The molecule has 0 saturated carbocycles. The predicted octanol–water partition coefficient (Wildman–Crippen LogP) is 1.61. The molecule has 25 heavy (non-hydrogen) atoms. The topological polar surface area (TPSA) is 84.7 Å². The summed E-state index contributed by atoms with van der Waals surface area (Å²) >= 11 is 0. The molecular formula is C18H30ClN3O3. The molecule has 1 rings (SSSR count). The number of carbonyl (C=O) groups excluding carboxylic acids is 2. The highest BCUT2D eigenvalue weighted by molar-refractivity contribution is 5.87. The predicted molar refractivity (Wildman–Crippen MR) is 102 cm³/mol. The Labute approximate surface area is 156 Å². The quantitative estimate of drug-likeness (QED) is 0.727. The van der Waals surface area contributed by atoms with Crippen molar-refractivity contribution in [2.24, 2.45) is 11.7 Å². The first kappa shape index (κ1) is 23.2. The summed E-state index contributed by atoms with van der Waals surface area (Å²) in [6, 6.07) is 7.11. The summed E-state index contributed by atoms with van der Waals surface area (Å²) in [5.74, 6) is 0.384. The minimum atomic E-state index is -0.603. The molecule has 142 valence electrons. The van der Waals surface area contributed by atoms with Crippen molar-refractivity contribution in [3.05, 3.63) is 29.8 Å². The van der Waals surface area contributed by atoms with E-state index in [1.165, 1.54) is 0 Å². The zero-order valence-electron chi connectivity index (χ0n) is 15.6. The summed E-state index contributed by atoms with van der Waals surface area (Å²) in [6.45, 7) is 5.65. The summed E-state index contributed by atoms with van der Waals surface area (Å²) in [7, 11) is 3.36. The number of hydrogen-bond acceptors (Lipinski definition) is 4. The third-order valence-electron chi connectivity index (χ3n) is 4.20. The second kappa shape index (κ2) is 10.9. The first-order chi connectivity index (χ1) is 11.3. The lowest BCUT2D eigenvalue weighted by molar-refractivity contribution is -0.133. The number of amides is 2. The van der Waals surface area contributed by atoms with Crippen LogP contribution in [0.4, 0.5) is 0 Å². The summed E-state index contributed by atoms with van der Waals surface area (Å²) in [6.07, 6.45) is 0.672. The van der Waals surface area contributed by atoms with Crippen molar-refractivity contribution in [3.63, 3.8) is 0 Å². The Hall–Kier alpha value is -1.79. The first-order valence-electron chi connectivity index (χ1n) is 8.18. The Balaban J connectivity index is 0.00000576. The normalized spacial score (nSPS) is 12.8. The molecule has 0 saturated heterocycles. The smallest absolute Gasteiger partial charge is 0.241 e. The number of ether oxygens (including phenoxy) is 1. The number of nitrogens with one attached hydrogen (secondary N) is 1. The van der Waals surface area contributed by atoms with Crippen molar-refractivity contribution < 1.29 is 14.3 Å². The van der Waals surface area contributed by atoms with Crippen molar-refractivity contribution >= 4 is 24.2 Å². The third-order valence-corrected chi connectivity index (χ3v) is 4.20. The molecule has 1 unspecified atom stereocenters. The molecule has 1 aromatic rings. The largest absolute Gasteiger partial charge is 0.496 e. The van der Waals surface area contributed by atoms with E-state index in [1.54, 1.807) is 19.1 Å². The summed E-state index contributed by atoms with van der Waals surface area (Å²) in [5.41, 5.74) is 6.81. The van der Waals surface area contributed by atoms with Gasteiger partial charge in [0.2, 0.25) is 11.8 Å².